The first-order valence-corrected chi connectivity index (χ1v) is 11.1. The molecule has 10 heteroatoms. The van der Waals surface area contributed by atoms with Gasteiger partial charge >= 0.3 is 6.09 Å². The highest BCUT2D eigenvalue weighted by molar-refractivity contribution is 7.97. The predicted molar refractivity (Wildman–Crippen MR) is 107 cm³/mol. The third-order valence-corrected chi connectivity index (χ3v) is 10.3. The van der Waals surface area contributed by atoms with Gasteiger partial charge in [0.2, 0.25) is 0 Å². The molecule has 1 spiro atoms. The first kappa shape index (κ1) is 18.8. The summed E-state index contributed by atoms with van der Waals surface area (Å²) in [5, 5.41) is 9.10. The lowest BCUT2D eigenvalue weighted by atomic mass is 9.77. The summed E-state index contributed by atoms with van der Waals surface area (Å²) in [5.74, 6) is -0.278. The Morgan fingerprint density at radius 2 is 1.93 bits per heavy atom. The molecule has 29 heavy (non-hydrogen) atoms. The van der Waals surface area contributed by atoms with Gasteiger partial charge in [-0.1, -0.05) is 0 Å². The number of halogens is 1. The monoisotopic (exact) mass is 421 g/mol. The lowest BCUT2D eigenvalue weighted by Gasteiger charge is -2.56. The molecular formula is C19H24FN5O3S. The summed E-state index contributed by atoms with van der Waals surface area (Å²) in [5.41, 5.74) is -1.45. The van der Waals surface area contributed by atoms with Gasteiger partial charge in [0, 0.05) is 17.7 Å². The van der Waals surface area contributed by atoms with Gasteiger partial charge in [-0.25, -0.2) is 17.8 Å². The number of hydrogen-bond acceptors (Lipinski definition) is 7. The second-order valence-corrected chi connectivity index (χ2v) is 12.2. The number of cyclic esters (lactones) is 1. The lowest BCUT2D eigenvalue weighted by Crippen LogP contribution is -2.76. The van der Waals surface area contributed by atoms with Gasteiger partial charge in [-0.05, 0) is 52.8 Å². The molecule has 0 saturated carbocycles. The van der Waals surface area contributed by atoms with Crippen molar-refractivity contribution in [1.82, 2.24) is 10.6 Å². The highest BCUT2D eigenvalue weighted by atomic mass is 32.2. The molecule has 5 aliphatic rings. The van der Waals surface area contributed by atoms with Crippen molar-refractivity contribution in [3.05, 3.63) is 29.6 Å². The van der Waals surface area contributed by atoms with Crippen LogP contribution in [0.15, 0.2) is 27.6 Å². The summed E-state index contributed by atoms with van der Waals surface area (Å²) >= 11 is 0. The summed E-state index contributed by atoms with van der Waals surface area (Å²) in [6.07, 6.45) is -0.501. The largest absolute Gasteiger partial charge is 0.423 e. The standard InChI is InChI=1S/C19H24FN5O3S/c1-16(2)14-21-15(26)28-17(3,4)22-10-6-7-12(20)11(8-10)18(5,24-14)19-9-13(23-19)25-29(16,19)27/h6-8,13,22-23H,9H2,1-5H3,(H,21,24,26)/t13?,18-,19+,29?/m1/s1. The van der Waals surface area contributed by atoms with Crippen LogP contribution in [0.4, 0.5) is 14.9 Å². The maximum Gasteiger partial charge on any atom is 0.414 e. The first-order chi connectivity index (χ1) is 13.3. The minimum atomic E-state index is -2.97. The smallest absolute Gasteiger partial charge is 0.414 e. The van der Waals surface area contributed by atoms with Crippen molar-refractivity contribution in [2.45, 2.75) is 68.1 Å². The van der Waals surface area contributed by atoms with Gasteiger partial charge in [0.25, 0.3) is 0 Å². The van der Waals surface area contributed by atoms with Gasteiger partial charge < -0.3 is 10.1 Å². The summed E-state index contributed by atoms with van der Waals surface area (Å²) in [6.45, 7) is 8.63. The number of fused-ring (bicyclic) bond motifs is 4. The zero-order valence-electron chi connectivity index (χ0n) is 16.9. The van der Waals surface area contributed by atoms with Crippen molar-refractivity contribution in [3.8, 4) is 0 Å². The van der Waals surface area contributed by atoms with E-state index in [1.165, 1.54) is 6.07 Å². The number of rotatable bonds is 0. The minimum absolute atomic E-state index is 0.182. The topological polar surface area (TPSA) is 104 Å². The van der Waals surface area contributed by atoms with E-state index >= 15 is 4.39 Å². The molecule has 1 amide bonds. The minimum Gasteiger partial charge on any atom is -0.423 e. The molecular weight excluding hydrogens is 397 g/mol. The third kappa shape index (κ3) is 2.08. The Morgan fingerprint density at radius 3 is 2.62 bits per heavy atom. The van der Waals surface area contributed by atoms with E-state index in [1.807, 2.05) is 0 Å². The number of carbonyl (C=O) groups excluding carboxylic acids is 1. The fourth-order valence-electron chi connectivity index (χ4n) is 4.96. The van der Waals surface area contributed by atoms with E-state index in [9.17, 15) is 9.00 Å². The quantitative estimate of drug-likeness (QED) is 0.597. The second kappa shape index (κ2) is 5.10. The van der Waals surface area contributed by atoms with Gasteiger partial charge in [-0.3, -0.25) is 15.6 Å². The molecule has 5 aliphatic heterocycles. The third-order valence-electron chi connectivity index (χ3n) is 6.52. The van der Waals surface area contributed by atoms with E-state index in [4.69, 9.17) is 9.73 Å². The second-order valence-electron chi connectivity index (χ2n) is 9.21. The summed E-state index contributed by atoms with van der Waals surface area (Å²) in [7, 11) is -2.97. The first-order valence-electron chi connectivity index (χ1n) is 9.55. The van der Waals surface area contributed by atoms with Crippen LogP contribution in [0.25, 0.3) is 0 Å². The Bertz CT molecular complexity index is 1110. The number of ether oxygens (including phenoxy) is 1. The number of anilines is 1. The van der Waals surface area contributed by atoms with Gasteiger partial charge in [0.05, 0.1) is 9.73 Å². The molecule has 1 aromatic rings. The molecule has 8 nitrogen and oxygen atoms in total. The molecule has 3 N–H and O–H groups in total. The van der Waals surface area contributed by atoms with Crippen LogP contribution in [-0.4, -0.2) is 37.6 Å². The zero-order valence-corrected chi connectivity index (χ0v) is 17.7. The molecule has 6 bridgehead atoms. The molecule has 0 aliphatic carbocycles. The number of nitrogens with one attached hydrogen (secondary N) is 3. The highest BCUT2D eigenvalue weighted by Gasteiger charge is 2.74. The molecule has 6 rings (SSSR count). The van der Waals surface area contributed by atoms with Crippen LogP contribution >= 0.6 is 0 Å². The maximum atomic E-state index is 15.2. The van der Waals surface area contributed by atoms with E-state index in [0.717, 1.165) is 0 Å². The molecule has 1 aromatic carbocycles. The summed E-state index contributed by atoms with van der Waals surface area (Å²) in [4.78, 5) is 16.5. The molecule has 2 unspecified atom stereocenters. The average molecular weight is 421 g/mol. The van der Waals surface area contributed by atoms with E-state index in [0.29, 0.717) is 17.7 Å². The van der Waals surface area contributed by atoms with Crippen molar-refractivity contribution in [3.63, 3.8) is 0 Å². The highest BCUT2D eigenvalue weighted by Crippen LogP contribution is 2.60. The Kier molecular flexibility index (Phi) is 3.30. The molecule has 1 fully saturated rings. The number of carbonyl (C=O) groups is 1. The molecule has 0 aromatic heterocycles. The van der Waals surface area contributed by atoms with Crippen molar-refractivity contribution in [2.24, 2.45) is 9.36 Å². The van der Waals surface area contributed by atoms with E-state index in [-0.39, 0.29) is 12.0 Å². The summed E-state index contributed by atoms with van der Waals surface area (Å²) in [6, 6.07) is 4.57. The Balaban J connectivity index is 1.85. The van der Waals surface area contributed by atoms with Gasteiger partial charge in [0.1, 0.15) is 33.0 Å². The van der Waals surface area contributed by atoms with Crippen molar-refractivity contribution < 1.29 is 18.1 Å². The van der Waals surface area contributed by atoms with Crippen LogP contribution in [-0.2, 0) is 20.0 Å². The Labute approximate surface area is 168 Å². The Hall–Kier alpha value is -2.20. The number of amidine groups is 1. The van der Waals surface area contributed by atoms with Crippen molar-refractivity contribution in [1.29, 1.82) is 0 Å². The Morgan fingerprint density at radius 1 is 1.24 bits per heavy atom. The fourth-order valence-corrected chi connectivity index (χ4v) is 8.49. The number of amides is 1. The number of aliphatic imine (C=N–C) groups is 1. The molecule has 1 saturated heterocycles. The van der Waals surface area contributed by atoms with Crippen LogP contribution < -0.4 is 16.0 Å². The SMILES string of the molecule is CC1(C)Nc2ccc(F)c(c2)[C@@]2(C)N=C(NC(=O)O1)C(C)(C)S1(=O)=NC3C[C@@]21N3. The zero-order chi connectivity index (χ0) is 21.0. The maximum absolute atomic E-state index is 15.2. The predicted octanol–water partition coefficient (Wildman–Crippen LogP) is 2.62. The van der Waals surface area contributed by atoms with Crippen LogP contribution in [0.1, 0.15) is 46.6 Å². The lowest BCUT2D eigenvalue weighted by molar-refractivity contribution is 0.0624. The van der Waals surface area contributed by atoms with E-state index in [2.05, 4.69) is 20.3 Å². The van der Waals surface area contributed by atoms with Crippen LogP contribution in [0.5, 0.6) is 0 Å². The van der Waals surface area contributed by atoms with Gasteiger partial charge in [-0.15, -0.1) is 0 Å². The van der Waals surface area contributed by atoms with Crippen molar-refractivity contribution >= 4 is 27.3 Å². The van der Waals surface area contributed by atoms with Crippen molar-refractivity contribution in [2.75, 3.05) is 5.32 Å². The molecule has 0 radical (unpaired) electrons. The number of hydrogen-bond donors (Lipinski definition) is 3. The number of alkyl carbamates (subject to hydrolysis) is 1. The number of nitrogens with zero attached hydrogens (tertiary/aromatic N) is 2. The van der Waals surface area contributed by atoms with Gasteiger partial charge in [0.15, 0.2) is 5.72 Å². The van der Waals surface area contributed by atoms with E-state index < -0.39 is 42.5 Å². The van der Waals surface area contributed by atoms with Crippen LogP contribution in [0.3, 0.4) is 0 Å². The van der Waals surface area contributed by atoms with Gasteiger partial charge in [-0.2, -0.15) is 0 Å². The normalized spacial score (nSPS) is 40.6. The molecule has 4 atom stereocenters. The van der Waals surface area contributed by atoms with Crippen LogP contribution in [0, 0.1) is 5.82 Å². The fraction of sp³-hybridized carbons (Fsp3) is 0.579. The number of benzene rings is 1. The molecule has 5 heterocycles. The summed E-state index contributed by atoms with van der Waals surface area (Å²) < 4.78 is 38.5. The van der Waals surface area contributed by atoms with Crippen LogP contribution in [0.2, 0.25) is 0 Å². The molecule has 156 valence electrons. The average Bonchev–Trinajstić information content (AvgIpc) is 3.04. The van der Waals surface area contributed by atoms with E-state index in [1.54, 1.807) is 46.8 Å².